The minimum Gasteiger partial charge on any atom is -0.472 e. The van der Waals surface area contributed by atoms with Crippen molar-refractivity contribution in [1.82, 2.24) is 0 Å². The third-order valence-corrected chi connectivity index (χ3v) is 3.48. The number of rotatable bonds is 4. The summed E-state index contributed by atoms with van der Waals surface area (Å²) >= 11 is 0. The maximum atomic E-state index is 12.5. The highest BCUT2D eigenvalue weighted by Gasteiger charge is 2.08. The third-order valence-electron chi connectivity index (χ3n) is 3.48. The molecule has 0 saturated carbocycles. The number of benzene rings is 2. The Balaban J connectivity index is 1.87. The molecule has 3 aromatic rings. The van der Waals surface area contributed by atoms with Crippen LogP contribution in [0.3, 0.4) is 0 Å². The molecule has 0 unspecified atom stereocenters. The van der Waals surface area contributed by atoms with Gasteiger partial charge < -0.3 is 4.42 Å². The highest BCUT2D eigenvalue weighted by atomic mass is 16.3. The van der Waals surface area contributed by atoms with Crippen molar-refractivity contribution >= 4 is 0 Å². The second kappa shape index (κ2) is 6.23. The van der Waals surface area contributed by atoms with Crippen LogP contribution in [-0.4, -0.2) is 0 Å². The van der Waals surface area contributed by atoms with Crippen LogP contribution < -0.4 is 5.43 Å². The predicted octanol–water partition coefficient (Wildman–Crippen LogP) is 3.82. The van der Waals surface area contributed by atoms with Gasteiger partial charge in [0, 0.05) is 24.0 Å². The summed E-state index contributed by atoms with van der Waals surface area (Å²) in [4.78, 5) is 12.5. The molecule has 3 rings (SSSR count). The van der Waals surface area contributed by atoms with Crippen LogP contribution in [0.2, 0.25) is 0 Å². The molecule has 0 radical (unpaired) electrons. The lowest BCUT2D eigenvalue weighted by atomic mass is 10.0. The summed E-state index contributed by atoms with van der Waals surface area (Å²) < 4.78 is 5.36. The monoisotopic (exact) mass is 276 g/mol. The standard InChI is InChI=1S/C19H16O2/c20-19-17(11-15-7-3-1-4-8-15)13-21-14-18(19)12-16-9-5-2-6-10-16/h1-10,13-14H,11-12H2. The van der Waals surface area contributed by atoms with E-state index in [1.54, 1.807) is 12.5 Å². The van der Waals surface area contributed by atoms with Gasteiger partial charge in [-0.15, -0.1) is 0 Å². The minimum absolute atomic E-state index is 0.0777. The molecule has 0 bridgehead atoms. The van der Waals surface area contributed by atoms with Crippen LogP contribution in [0.4, 0.5) is 0 Å². The Kier molecular flexibility index (Phi) is 3.97. The molecule has 1 aromatic heterocycles. The molecule has 0 N–H and O–H groups in total. The highest BCUT2D eigenvalue weighted by Crippen LogP contribution is 2.10. The molecular formula is C19H16O2. The lowest BCUT2D eigenvalue weighted by Gasteiger charge is -2.04. The van der Waals surface area contributed by atoms with Crippen LogP contribution in [-0.2, 0) is 12.8 Å². The third kappa shape index (κ3) is 3.29. The van der Waals surface area contributed by atoms with E-state index in [1.807, 2.05) is 60.7 Å². The zero-order chi connectivity index (χ0) is 14.5. The Hall–Kier alpha value is -2.61. The molecule has 0 spiro atoms. The van der Waals surface area contributed by atoms with Crippen molar-refractivity contribution in [1.29, 1.82) is 0 Å². The van der Waals surface area contributed by atoms with Gasteiger partial charge in [-0.05, 0) is 11.1 Å². The van der Waals surface area contributed by atoms with E-state index in [0.29, 0.717) is 24.0 Å². The summed E-state index contributed by atoms with van der Waals surface area (Å²) in [7, 11) is 0. The van der Waals surface area contributed by atoms with Crippen LogP contribution in [0.5, 0.6) is 0 Å². The summed E-state index contributed by atoms with van der Waals surface area (Å²) in [6, 6.07) is 19.9. The van der Waals surface area contributed by atoms with Gasteiger partial charge >= 0.3 is 0 Å². The van der Waals surface area contributed by atoms with Gasteiger partial charge in [-0.3, -0.25) is 4.79 Å². The fourth-order valence-electron chi connectivity index (χ4n) is 2.39. The molecule has 0 fully saturated rings. The first-order valence-electron chi connectivity index (χ1n) is 6.99. The highest BCUT2D eigenvalue weighted by molar-refractivity contribution is 5.29. The first kappa shape index (κ1) is 13.4. The molecule has 0 amide bonds. The Morgan fingerprint density at radius 1 is 0.667 bits per heavy atom. The summed E-state index contributed by atoms with van der Waals surface area (Å²) in [5.74, 6) is 0. The zero-order valence-corrected chi connectivity index (χ0v) is 11.7. The van der Waals surface area contributed by atoms with Gasteiger partial charge in [0.2, 0.25) is 0 Å². The molecule has 0 saturated heterocycles. The molecule has 2 aromatic carbocycles. The molecule has 0 aliphatic carbocycles. The number of hydrogen-bond acceptors (Lipinski definition) is 2. The Morgan fingerprint density at radius 3 is 1.52 bits per heavy atom. The minimum atomic E-state index is 0.0777. The van der Waals surface area contributed by atoms with E-state index in [2.05, 4.69) is 0 Å². The predicted molar refractivity (Wildman–Crippen MR) is 83.5 cm³/mol. The zero-order valence-electron chi connectivity index (χ0n) is 11.7. The summed E-state index contributed by atoms with van der Waals surface area (Å²) in [5, 5.41) is 0. The second-order valence-corrected chi connectivity index (χ2v) is 5.08. The van der Waals surface area contributed by atoms with Gasteiger partial charge in [-0.1, -0.05) is 60.7 Å². The van der Waals surface area contributed by atoms with Crippen LogP contribution in [0, 0.1) is 0 Å². The molecule has 2 nitrogen and oxygen atoms in total. The molecule has 1 heterocycles. The van der Waals surface area contributed by atoms with E-state index in [4.69, 9.17) is 4.42 Å². The van der Waals surface area contributed by atoms with Crippen molar-refractivity contribution in [3.63, 3.8) is 0 Å². The molecule has 104 valence electrons. The van der Waals surface area contributed by atoms with Crippen molar-refractivity contribution in [2.75, 3.05) is 0 Å². The Morgan fingerprint density at radius 2 is 1.10 bits per heavy atom. The average Bonchev–Trinajstić information content (AvgIpc) is 2.53. The molecule has 21 heavy (non-hydrogen) atoms. The van der Waals surface area contributed by atoms with E-state index < -0.39 is 0 Å². The van der Waals surface area contributed by atoms with Gasteiger partial charge in [0.1, 0.15) is 0 Å². The summed E-state index contributed by atoms with van der Waals surface area (Å²) in [6.07, 6.45) is 4.32. The maximum Gasteiger partial charge on any atom is 0.191 e. The van der Waals surface area contributed by atoms with Crippen LogP contribution in [0.15, 0.2) is 82.4 Å². The lowest BCUT2D eigenvalue weighted by molar-refractivity contribution is 0.534. The van der Waals surface area contributed by atoms with E-state index in [-0.39, 0.29) is 5.43 Å². The maximum absolute atomic E-state index is 12.5. The van der Waals surface area contributed by atoms with Crippen LogP contribution in [0.25, 0.3) is 0 Å². The molecule has 2 heteroatoms. The van der Waals surface area contributed by atoms with Gasteiger partial charge in [0.15, 0.2) is 5.43 Å². The van der Waals surface area contributed by atoms with Crippen molar-refractivity contribution in [3.05, 3.63) is 106 Å². The molecule has 0 aliphatic rings. The van der Waals surface area contributed by atoms with Gasteiger partial charge in [-0.2, -0.15) is 0 Å². The normalized spacial score (nSPS) is 10.5. The molecular weight excluding hydrogens is 260 g/mol. The van der Waals surface area contributed by atoms with Crippen LogP contribution in [0.1, 0.15) is 22.3 Å². The van der Waals surface area contributed by atoms with Crippen molar-refractivity contribution in [3.8, 4) is 0 Å². The van der Waals surface area contributed by atoms with Crippen molar-refractivity contribution < 1.29 is 4.42 Å². The van der Waals surface area contributed by atoms with Gasteiger partial charge in [0.05, 0.1) is 12.5 Å². The smallest absolute Gasteiger partial charge is 0.191 e. The van der Waals surface area contributed by atoms with Crippen molar-refractivity contribution in [2.45, 2.75) is 12.8 Å². The van der Waals surface area contributed by atoms with E-state index >= 15 is 0 Å². The number of hydrogen-bond donors (Lipinski definition) is 0. The first-order chi connectivity index (χ1) is 10.3. The Labute approximate surface area is 123 Å². The SMILES string of the molecule is O=c1c(Cc2ccccc2)cocc1Cc1ccccc1. The van der Waals surface area contributed by atoms with Crippen molar-refractivity contribution in [2.24, 2.45) is 0 Å². The topological polar surface area (TPSA) is 30.2 Å². The second-order valence-electron chi connectivity index (χ2n) is 5.08. The van der Waals surface area contributed by atoms with E-state index in [0.717, 1.165) is 11.1 Å². The van der Waals surface area contributed by atoms with Crippen LogP contribution >= 0.6 is 0 Å². The first-order valence-corrected chi connectivity index (χ1v) is 6.99. The average molecular weight is 276 g/mol. The van der Waals surface area contributed by atoms with E-state index in [1.165, 1.54) is 0 Å². The summed E-state index contributed by atoms with van der Waals surface area (Å²) in [6.45, 7) is 0. The quantitative estimate of drug-likeness (QED) is 0.725. The fraction of sp³-hybridized carbons (Fsp3) is 0.105. The Bertz CT molecular complexity index is 696. The largest absolute Gasteiger partial charge is 0.472 e. The van der Waals surface area contributed by atoms with E-state index in [9.17, 15) is 4.79 Å². The fourth-order valence-corrected chi connectivity index (χ4v) is 2.39. The summed E-state index contributed by atoms with van der Waals surface area (Å²) in [5.41, 5.74) is 3.71. The van der Waals surface area contributed by atoms with Gasteiger partial charge in [0.25, 0.3) is 0 Å². The molecule has 0 aliphatic heterocycles. The molecule has 0 atom stereocenters. The lowest BCUT2D eigenvalue weighted by Crippen LogP contribution is -2.14. The van der Waals surface area contributed by atoms with Gasteiger partial charge in [-0.25, -0.2) is 0 Å².